The molecule has 6 nitrogen and oxygen atoms in total. The molecule has 0 bridgehead atoms. The van der Waals surface area contributed by atoms with Crippen LogP contribution in [0.5, 0.6) is 0 Å². The molecule has 0 aromatic heterocycles. The van der Waals surface area contributed by atoms with Crippen molar-refractivity contribution in [1.29, 1.82) is 0 Å². The lowest BCUT2D eigenvalue weighted by Crippen LogP contribution is -2.30. The third-order valence-electron chi connectivity index (χ3n) is 14.6. The Kier molecular flexibility index (Phi) is 63.2. The maximum atomic E-state index is 12.9. The fourth-order valence-corrected chi connectivity index (χ4v) is 9.62. The second-order valence-electron chi connectivity index (χ2n) is 22.4. The van der Waals surface area contributed by atoms with Crippen molar-refractivity contribution in [3.05, 3.63) is 85.1 Å². The Morgan fingerprint density at radius 2 is 0.500 bits per heavy atom. The van der Waals surface area contributed by atoms with Gasteiger partial charge >= 0.3 is 17.9 Å². The van der Waals surface area contributed by atoms with Crippen molar-refractivity contribution in [2.24, 2.45) is 0 Å². The van der Waals surface area contributed by atoms with E-state index in [9.17, 15) is 14.4 Å². The van der Waals surface area contributed by atoms with Gasteiger partial charge in [0.2, 0.25) is 0 Å². The van der Waals surface area contributed by atoms with Crippen LogP contribution in [0.25, 0.3) is 0 Å². The molecule has 0 aliphatic rings. The molecule has 1 unspecified atom stereocenters. The SMILES string of the molecule is CC/C=C\C/C=C\C/C=C\C/C=C\C/C=C\C/C=C\CCCCCCCCCCCCC(=O)OCC(COC(=O)CCCCCCC/C=C\CCCCCCCC)OC(=O)CCCCCCCCCCCCCCCCCC. The van der Waals surface area contributed by atoms with Crippen LogP contribution in [-0.2, 0) is 28.6 Å². The first-order valence-electron chi connectivity index (χ1n) is 33.6. The largest absolute Gasteiger partial charge is 0.462 e. The number of ether oxygens (including phenoxy) is 3. The molecule has 0 aliphatic heterocycles. The summed E-state index contributed by atoms with van der Waals surface area (Å²) in [6, 6.07) is 0. The first-order chi connectivity index (χ1) is 38.5. The van der Waals surface area contributed by atoms with Gasteiger partial charge < -0.3 is 14.2 Å². The number of unbranched alkanes of at least 4 members (excludes halogenated alkanes) is 36. The van der Waals surface area contributed by atoms with Crippen LogP contribution in [0.3, 0.4) is 0 Å². The monoisotopic (exact) mass is 1090 g/mol. The molecule has 0 spiro atoms. The zero-order chi connectivity index (χ0) is 56.4. The average Bonchev–Trinajstić information content (AvgIpc) is 3.44. The van der Waals surface area contributed by atoms with Gasteiger partial charge in [0.15, 0.2) is 6.10 Å². The van der Waals surface area contributed by atoms with Gasteiger partial charge in [-0.25, -0.2) is 0 Å². The van der Waals surface area contributed by atoms with Crippen LogP contribution >= 0.6 is 0 Å². The highest BCUT2D eigenvalue weighted by Gasteiger charge is 2.19. The molecule has 0 amide bonds. The number of esters is 3. The van der Waals surface area contributed by atoms with Crippen molar-refractivity contribution in [3.8, 4) is 0 Å². The van der Waals surface area contributed by atoms with E-state index in [4.69, 9.17) is 14.2 Å². The number of hydrogen-bond acceptors (Lipinski definition) is 6. The normalized spacial score (nSPS) is 12.6. The Bertz CT molecular complexity index is 1480. The first kappa shape index (κ1) is 74.6. The standard InChI is InChI=1S/C72H126O6/c1-4-7-10-13-16-19-22-25-28-30-31-32-33-34-35-36-37-38-39-40-41-42-45-47-50-53-56-59-62-65-71(74)77-68-69(67-76-70(73)64-61-58-55-52-49-46-43-27-24-21-18-15-12-9-6-3)78-72(75)66-63-60-57-54-51-48-44-29-26-23-20-17-14-11-8-5-2/h7,10,16,19,25,27-28,31-32,34-35,37-38,43,69H,4-6,8-9,11-15,17-18,20-24,26,29-30,33,36,39-42,44-68H2,1-3H3/b10-7-,19-16-,28-25-,32-31-,35-34-,38-37-,43-27-. The van der Waals surface area contributed by atoms with E-state index in [2.05, 4.69) is 106 Å². The van der Waals surface area contributed by atoms with Gasteiger partial charge in [-0.2, -0.15) is 0 Å². The van der Waals surface area contributed by atoms with Crippen LogP contribution in [-0.4, -0.2) is 37.2 Å². The van der Waals surface area contributed by atoms with E-state index in [1.54, 1.807) is 0 Å². The molecule has 1 atom stereocenters. The minimum absolute atomic E-state index is 0.0778. The van der Waals surface area contributed by atoms with Crippen LogP contribution in [0.4, 0.5) is 0 Å². The number of allylic oxidation sites excluding steroid dienone is 14. The Balaban J connectivity index is 4.29. The summed E-state index contributed by atoms with van der Waals surface area (Å²) in [5.41, 5.74) is 0. The second kappa shape index (κ2) is 66.1. The van der Waals surface area contributed by atoms with Gasteiger partial charge in [0, 0.05) is 19.3 Å². The summed E-state index contributed by atoms with van der Waals surface area (Å²) in [6.07, 6.45) is 87.3. The molecule has 0 N–H and O–H groups in total. The lowest BCUT2D eigenvalue weighted by atomic mass is 10.0. The summed E-state index contributed by atoms with van der Waals surface area (Å²) in [5, 5.41) is 0. The molecule has 0 radical (unpaired) electrons. The zero-order valence-corrected chi connectivity index (χ0v) is 51.7. The van der Waals surface area contributed by atoms with Gasteiger partial charge in [0.05, 0.1) is 0 Å². The summed E-state index contributed by atoms with van der Waals surface area (Å²) in [4.78, 5) is 38.4. The van der Waals surface area contributed by atoms with E-state index in [-0.39, 0.29) is 31.1 Å². The summed E-state index contributed by atoms with van der Waals surface area (Å²) >= 11 is 0. The van der Waals surface area contributed by atoms with Gasteiger partial charge in [-0.15, -0.1) is 0 Å². The lowest BCUT2D eigenvalue weighted by molar-refractivity contribution is -0.167. The van der Waals surface area contributed by atoms with Crippen molar-refractivity contribution >= 4 is 17.9 Å². The lowest BCUT2D eigenvalue weighted by Gasteiger charge is -2.18. The second-order valence-corrected chi connectivity index (χ2v) is 22.4. The van der Waals surface area contributed by atoms with E-state index < -0.39 is 6.10 Å². The van der Waals surface area contributed by atoms with Crippen LogP contribution < -0.4 is 0 Å². The van der Waals surface area contributed by atoms with Gasteiger partial charge in [-0.1, -0.05) is 305 Å². The van der Waals surface area contributed by atoms with Crippen LogP contribution in [0.1, 0.15) is 335 Å². The highest BCUT2D eigenvalue weighted by molar-refractivity contribution is 5.71. The minimum Gasteiger partial charge on any atom is -0.462 e. The first-order valence-corrected chi connectivity index (χ1v) is 33.6. The zero-order valence-electron chi connectivity index (χ0n) is 51.7. The van der Waals surface area contributed by atoms with Gasteiger partial charge in [-0.3, -0.25) is 14.4 Å². The Labute approximate surface area is 484 Å². The Morgan fingerprint density at radius 1 is 0.269 bits per heavy atom. The molecule has 0 saturated heterocycles. The average molecular weight is 1090 g/mol. The third-order valence-corrected chi connectivity index (χ3v) is 14.6. The van der Waals surface area contributed by atoms with E-state index in [0.717, 1.165) is 103 Å². The predicted molar refractivity (Wildman–Crippen MR) is 339 cm³/mol. The van der Waals surface area contributed by atoms with Gasteiger partial charge in [0.25, 0.3) is 0 Å². The van der Waals surface area contributed by atoms with Crippen molar-refractivity contribution in [2.45, 2.75) is 341 Å². The number of carbonyl (C=O) groups is 3. The highest BCUT2D eigenvalue weighted by Crippen LogP contribution is 2.17. The fraction of sp³-hybridized carbons (Fsp3) is 0.764. The topological polar surface area (TPSA) is 78.9 Å². The molecule has 0 aliphatic carbocycles. The smallest absolute Gasteiger partial charge is 0.306 e. The molecule has 0 heterocycles. The van der Waals surface area contributed by atoms with Crippen molar-refractivity contribution < 1.29 is 28.6 Å². The van der Waals surface area contributed by atoms with Gasteiger partial charge in [0.1, 0.15) is 13.2 Å². The van der Waals surface area contributed by atoms with Crippen molar-refractivity contribution in [1.82, 2.24) is 0 Å². The maximum absolute atomic E-state index is 12.9. The van der Waals surface area contributed by atoms with Crippen molar-refractivity contribution in [3.63, 3.8) is 0 Å². The van der Waals surface area contributed by atoms with E-state index in [0.29, 0.717) is 19.3 Å². The summed E-state index contributed by atoms with van der Waals surface area (Å²) in [7, 11) is 0. The van der Waals surface area contributed by atoms with Gasteiger partial charge in [-0.05, 0) is 96.3 Å². The maximum Gasteiger partial charge on any atom is 0.306 e. The van der Waals surface area contributed by atoms with E-state index in [1.165, 1.54) is 193 Å². The Morgan fingerprint density at radius 3 is 0.795 bits per heavy atom. The van der Waals surface area contributed by atoms with Crippen LogP contribution in [0, 0.1) is 0 Å². The molecule has 450 valence electrons. The van der Waals surface area contributed by atoms with Crippen LogP contribution in [0.2, 0.25) is 0 Å². The predicted octanol–water partition coefficient (Wildman–Crippen LogP) is 23.1. The molecule has 0 saturated carbocycles. The summed E-state index contributed by atoms with van der Waals surface area (Å²) in [5.74, 6) is -0.872. The quantitative estimate of drug-likeness (QED) is 0.0261. The number of hydrogen-bond donors (Lipinski definition) is 0. The molecule has 0 rings (SSSR count). The molecule has 78 heavy (non-hydrogen) atoms. The van der Waals surface area contributed by atoms with Crippen molar-refractivity contribution in [2.75, 3.05) is 13.2 Å². The Hall–Kier alpha value is -3.41. The molecule has 0 aromatic carbocycles. The number of carbonyl (C=O) groups excluding carboxylic acids is 3. The van der Waals surface area contributed by atoms with E-state index in [1.807, 2.05) is 0 Å². The molecular formula is C72H126O6. The summed E-state index contributed by atoms with van der Waals surface area (Å²) in [6.45, 7) is 6.55. The molecule has 0 fully saturated rings. The summed E-state index contributed by atoms with van der Waals surface area (Å²) < 4.78 is 17.0. The molecule has 0 aromatic rings. The van der Waals surface area contributed by atoms with Crippen LogP contribution in [0.15, 0.2) is 85.1 Å². The third kappa shape index (κ3) is 63.4. The highest BCUT2D eigenvalue weighted by atomic mass is 16.6. The molecule has 6 heteroatoms. The van der Waals surface area contributed by atoms with E-state index >= 15 is 0 Å². The molecular weight excluding hydrogens is 961 g/mol. The minimum atomic E-state index is -0.780. The number of rotatable bonds is 61. The fourth-order valence-electron chi connectivity index (χ4n) is 9.62.